The quantitative estimate of drug-likeness (QED) is 0.594. The number of anilines is 1. The van der Waals surface area contributed by atoms with Gasteiger partial charge in [0.15, 0.2) is 11.6 Å². The Labute approximate surface area is 149 Å². The molecule has 0 amide bonds. The molecule has 3 aromatic heterocycles. The zero-order chi connectivity index (χ0) is 18.1. The number of nitrogens with one attached hydrogen (secondary N) is 1. The van der Waals surface area contributed by atoms with E-state index in [2.05, 4.69) is 19.8 Å². The Hall–Kier alpha value is -3.26. The fourth-order valence-corrected chi connectivity index (χ4v) is 3.78. The fraction of sp³-hybridized carbons (Fsp3) is 0.0556. The number of aryl methyl sites for hydroxylation is 1. The first-order valence-electron chi connectivity index (χ1n) is 7.78. The Kier molecular flexibility index (Phi) is 3.89. The van der Waals surface area contributed by atoms with Gasteiger partial charge in [-0.2, -0.15) is 0 Å². The van der Waals surface area contributed by atoms with Crippen molar-refractivity contribution in [2.75, 3.05) is 4.72 Å². The number of hydrogen-bond acceptors (Lipinski definition) is 6. The molecule has 0 aliphatic heterocycles. The minimum Gasteiger partial charge on any atom is -0.354 e. The van der Waals surface area contributed by atoms with E-state index in [-0.39, 0.29) is 10.7 Å². The van der Waals surface area contributed by atoms with Crippen LogP contribution in [0.1, 0.15) is 5.56 Å². The monoisotopic (exact) mass is 366 g/mol. The predicted molar refractivity (Wildman–Crippen MR) is 97.0 cm³/mol. The van der Waals surface area contributed by atoms with Crippen LogP contribution in [0.15, 0.2) is 70.5 Å². The van der Waals surface area contributed by atoms with Gasteiger partial charge < -0.3 is 4.52 Å². The van der Waals surface area contributed by atoms with Crippen LogP contribution < -0.4 is 4.72 Å². The first-order chi connectivity index (χ1) is 12.5. The molecule has 0 fully saturated rings. The van der Waals surface area contributed by atoms with Crippen LogP contribution in [0.25, 0.3) is 22.2 Å². The van der Waals surface area contributed by atoms with Gasteiger partial charge in [-0.25, -0.2) is 8.42 Å². The van der Waals surface area contributed by atoms with Crippen molar-refractivity contribution < 1.29 is 12.9 Å². The van der Waals surface area contributed by atoms with Crippen LogP contribution in [-0.2, 0) is 10.0 Å². The number of hydrogen-bond donors (Lipinski definition) is 1. The first-order valence-corrected chi connectivity index (χ1v) is 9.26. The van der Waals surface area contributed by atoms with Crippen molar-refractivity contribution in [2.45, 2.75) is 11.8 Å². The molecule has 1 aromatic carbocycles. The number of rotatable bonds is 4. The molecule has 0 unspecified atom stereocenters. The number of sulfonamides is 1. The third kappa shape index (κ3) is 3.02. The maximum atomic E-state index is 12.8. The third-order valence-electron chi connectivity index (χ3n) is 3.80. The lowest BCUT2D eigenvalue weighted by molar-refractivity contribution is 0.435. The van der Waals surface area contributed by atoms with Crippen molar-refractivity contribution in [1.82, 2.24) is 15.1 Å². The largest absolute Gasteiger partial charge is 0.354 e. The second kappa shape index (κ2) is 6.23. The number of pyridine rings is 2. The van der Waals surface area contributed by atoms with Crippen molar-refractivity contribution in [1.29, 1.82) is 0 Å². The van der Waals surface area contributed by atoms with E-state index < -0.39 is 10.0 Å². The van der Waals surface area contributed by atoms with E-state index in [1.165, 1.54) is 12.1 Å². The molecule has 4 rings (SSSR count). The van der Waals surface area contributed by atoms with Crippen molar-refractivity contribution in [2.24, 2.45) is 0 Å². The van der Waals surface area contributed by atoms with Crippen LogP contribution in [0, 0.1) is 6.92 Å². The standard InChI is InChI=1S/C18H14N4O3S/c1-12-8-13-4-2-6-16(18(13)20-10-12)26(23,24)22-17-9-15(25-21-17)14-5-3-7-19-11-14/h2-11H,1H3,(H,21,22). The first kappa shape index (κ1) is 16.2. The lowest BCUT2D eigenvalue weighted by Gasteiger charge is -2.08. The molecule has 7 nitrogen and oxygen atoms in total. The summed E-state index contributed by atoms with van der Waals surface area (Å²) in [6.45, 7) is 1.90. The van der Waals surface area contributed by atoms with Crippen LogP contribution in [0.5, 0.6) is 0 Å². The highest BCUT2D eigenvalue weighted by Crippen LogP contribution is 2.26. The van der Waals surface area contributed by atoms with E-state index in [1.54, 1.807) is 36.8 Å². The van der Waals surface area contributed by atoms with Gasteiger partial charge >= 0.3 is 0 Å². The Morgan fingerprint density at radius 3 is 2.77 bits per heavy atom. The minimum atomic E-state index is -3.87. The molecule has 8 heteroatoms. The Morgan fingerprint density at radius 2 is 1.96 bits per heavy atom. The molecule has 0 aliphatic rings. The zero-order valence-corrected chi connectivity index (χ0v) is 14.6. The van der Waals surface area contributed by atoms with Crippen molar-refractivity contribution >= 4 is 26.7 Å². The van der Waals surface area contributed by atoms with Gasteiger partial charge in [-0.3, -0.25) is 14.7 Å². The molecule has 26 heavy (non-hydrogen) atoms. The van der Waals surface area contributed by atoms with E-state index in [4.69, 9.17) is 4.52 Å². The van der Waals surface area contributed by atoms with E-state index in [0.717, 1.165) is 10.9 Å². The molecule has 130 valence electrons. The van der Waals surface area contributed by atoms with Crippen molar-refractivity contribution in [3.63, 3.8) is 0 Å². The van der Waals surface area contributed by atoms with Gasteiger partial charge in [0.1, 0.15) is 4.90 Å². The van der Waals surface area contributed by atoms with Gasteiger partial charge in [0.25, 0.3) is 10.0 Å². The van der Waals surface area contributed by atoms with Gasteiger partial charge in [0, 0.05) is 35.6 Å². The average Bonchev–Trinajstić information content (AvgIpc) is 3.09. The minimum absolute atomic E-state index is 0.0842. The Bertz CT molecular complexity index is 1190. The number of nitrogens with zero attached hydrogens (tertiary/aromatic N) is 3. The molecule has 0 saturated heterocycles. The second-order valence-electron chi connectivity index (χ2n) is 5.76. The van der Waals surface area contributed by atoms with E-state index >= 15 is 0 Å². The Balaban J connectivity index is 1.70. The summed E-state index contributed by atoms with van der Waals surface area (Å²) < 4.78 is 33.2. The van der Waals surface area contributed by atoms with Crippen LogP contribution in [0.3, 0.4) is 0 Å². The lowest BCUT2D eigenvalue weighted by Crippen LogP contribution is -2.14. The van der Waals surface area contributed by atoms with Gasteiger partial charge in [-0.15, -0.1) is 0 Å². The number of aromatic nitrogens is 3. The molecule has 0 bridgehead atoms. The highest BCUT2D eigenvalue weighted by atomic mass is 32.2. The smallest absolute Gasteiger partial charge is 0.265 e. The van der Waals surface area contributed by atoms with Gasteiger partial charge in [-0.1, -0.05) is 17.3 Å². The van der Waals surface area contributed by atoms with Crippen LogP contribution >= 0.6 is 0 Å². The molecule has 0 radical (unpaired) electrons. The van der Waals surface area contributed by atoms with Crippen LogP contribution in [0.4, 0.5) is 5.82 Å². The number of para-hydroxylation sites is 1. The van der Waals surface area contributed by atoms with Crippen molar-refractivity contribution in [3.8, 4) is 11.3 Å². The van der Waals surface area contributed by atoms with E-state index in [9.17, 15) is 8.42 Å². The topological polar surface area (TPSA) is 98.0 Å². The molecule has 0 spiro atoms. The summed E-state index contributed by atoms with van der Waals surface area (Å²) in [6.07, 6.45) is 4.88. The molecular weight excluding hydrogens is 352 g/mol. The van der Waals surface area contributed by atoms with Gasteiger partial charge in [0.05, 0.1) is 5.52 Å². The average molecular weight is 366 g/mol. The highest BCUT2D eigenvalue weighted by molar-refractivity contribution is 7.93. The lowest BCUT2D eigenvalue weighted by atomic mass is 10.2. The Morgan fingerprint density at radius 1 is 1.08 bits per heavy atom. The molecule has 1 N–H and O–H groups in total. The number of benzene rings is 1. The molecule has 4 aromatic rings. The maximum Gasteiger partial charge on any atom is 0.265 e. The van der Waals surface area contributed by atoms with E-state index in [1.807, 2.05) is 19.1 Å². The summed E-state index contributed by atoms with van der Waals surface area (Å²) in [7, 11) is -3.87. The normalized spacial score (nSPS) is 11.6. The van der Waals surface area contributed by atoms with Crippen LogP contribution in [0.2, 0.25) is 0 Å². The summed E-state index contributed by atoms with van der Waals surface area (Å²) >= 11 is 0. The fourth-order valence-electron chi connectivity index (χ4n) is 2.62. The molecule has 3 heterocycles. The number of fused-ring (bicyclic) bond motifs is 1. The van der Waals surface area contributed by atoms with Crippen LogP contribution in [-0.4, -0.2) is 23.5 Å². The molecule has 0 atom stereocenters. The van der Waals surface area contributed by atoms with E-state index in [0.29, 0.717) is 16.8 Å². The molecule has 0 aliphatic carbocycles. The zero-order valence-electron chi connectivity index (χ0n) is 13.7. The highest BCUT2D eigenvalue weighted by Gasteiger charge is 2.20. The SMILES string of the molecule is Cc1cnc2c(S(=O)(=O)Nc3cc(-c4cccnc4)on3)cccc2c1. The summed E-state index contributed by atoms with van der Waals surface area (Å²) in [4.78, 5) is 8.35. The third-order valence-corrected chi connectivity index (χ3v) is 5.18. The summed E-state index contributed by atoms with van der Waals surface area (Å²) in [5.74, 6) is 0.510. The van der Waals surface area contributed by atoms with Gasteiger partial charge in [0.2, 0.25) is 0 Å². The van der Waals surface area contributed by atoms with Crippen molar-refractivity contribution in [3.05, 3.63) is 66.6 Å². The second-order valence-corrected chi connectivity index (χ2v) is 7.41. The van der Waals surface area contributed by atoms with Gasteiger partial charge in [-0.05, 0) is 36.8 Å². The predicted octanol–water partition coefficient (Wildman–Crippen LogP) is 3.39. The summed E-state index contributed by atoms with van der Waals surface area (Å²) in [5, 5.41) is 4.54. The molecular formula is C18H14N4O3S. The summed E-state index contributed by atoms with van der Waals surface area (Å²) in [5.41, 5.74) is 2.06. The maximum absolute atomic E-state index is 12.8. The summed E-state index contributed by atoms with van der Waals surface area (Å²) in [6, 6.07) is 12.0. The molecule has 0 saturated carbocycles.